The second kappa shape index (κ2) is 5.89. The van der Waals surface area contributed by atoms with Crippen molar-refractivity contribution >= 4 is 5.97 Å². The van der Waals surface area contributed by atoms with Gasteiger partial charge < -0.3 is 9.84 Å². The van der Waals surface area contributed by atoms with E-state index >= 15 is 0 Å². The van der Waals surface area contributed by atoms with Gasteiger partial charge in [0.25, 0.3) is 0 Å². The zero-order valence-electron chi connectivity index (χ0n) is 11.6. The summed E-state index contributed by atoms with van der Waals surface area (Å²) in [5.74, 6) is 0.0799. The minimum Gasteiger partial charge on any atom is -0.496 e. The highest BCUT2D eigenvalue weighted by Crippen LogP contribution is 2.31. The summed E-state index contributed by atoms with van der Waals surface area (Å²) >= 11 is 0. The fourth-order valence-corrected chi connectivity index (χ4v) is 2.18. The molecule has 0 aliphatic carbocycles. The van der Waals surface area contributed by atoms with Gasteiger partial charge in [-0.1, -0.05) is 32.9 Å². The summed E-state index contributed by atoms with van der Waals surface area (Å²) in [6, 6.07) is 6.12. The van der Waals surface area contributed by atoms with Gasteiger partial charge in [-0.15, -0.1) is 0 Å². The molecule has 0 aromatic heterocycles. The molecule has 1 rings (SSSR count). The Morgan fingerprint density at radius 1 is 1.39 bits per heavy atom. The number of carboxylic acids is 1. The van der Waals surface area contributed by atoms with Crippen LogP contribution < -0.4 is 4.74 Å². The van der Waals surface area contributed by atoms with E-state index in [1.165, 1.54) is 5.56 Å². The van der Waals surface area contributed by atoms with Crippen LogP contribution in [-0.2, 0) is 17.6 Å². The van der Waals surface area contributed by atoms with Crippen molar-refractivity contribution in [3.05, 3.63) is 29.3 Å². The zero-order valence-corrected chi connectivity index (χ0v) is 11.6. The van der Waals surface area contributed by atoms with Crippen LogP contribution in [0, 0.1) is 5.41 Å². The monoisotopic (exact) mass is 250 g/mol. The van der Waals surface area contributed by atoms with Crippen molar-refractivity contribution < 1.29 is 14.6 Å². The molecule has 0 saturated carbocycles. The number of aliphatic carboxylic acids is 1. The number of methoxy groups -OCH3 is 1. The Hall–Kier alpha value is -1.51. The third kappa shape index (κ3) is 4.06. The minimum atomic E-state index is -0.759. The molecular formula is C15H22O3. The standard InChI is InChI=1S/C15H22O3/c1-5-11-6-7-13(18-4)12(8-11)9-15(2,3)10-14(16)17/h6-8H,5,9-10H2,1-4H3,(H,16,17). The molecule has 100 valence electrons. The Bertz CT molecular complexity index is 422. The molecule has 1 aromatic rings. The van der Waals surface area contributed by atoms with Gasteiger partial charge in [0.15, 0.2) is 0 Å². The van der Waals surface area contributed by atoms with Crippen LogP contribution in [0.5, 0.6) is 5.75 Å². The molecule has 0 radical (unpaired) electrons. The third-order valence-electron chi connectivity index (χ3n) is 3.05. The second-order valence-corrected chi connectivity index (χ2v) is 5.41. The normalized spacial score (nSPS) is 11.3. The maximum absolute atomic E-state index is 10.9. The Morgan fingerprint density at radius 2 is 2.06 bits per heavy atom. The highest BCUT2D eigenvalue weighted by atomic mass is 16.5. The summed E-state index contributed by atoms with van der Waals surface area (Å²) in [7, 11) is 1.65. The highest BCUT2D eigenvalue weighted by molar-refractivity contribution is 5.67. The summed E-state index contributed by atoms with van der Waals surface area (Å²) in [5.41, 5.74) is 2.06. The van der Waals surface area contributed by atoms with Crippen LogP contribution in [0.4, 0.5) is 0 Å². The van der Waals surface area contributed by atoms with Gasteiger partial charge in [-0.2, -0.15) is 0 Å². The van der Waals surface area contributed by atoms with Crippen molar-refractivity contribution in [2.45, 2.75) is 40.0 Å². The number of benzene rings is 1. The number of carbonyl (C=O) groups is 1. The first-order valence-electron chi connectivity index (χ1n) is 6.25. The lowest BCUT2D eigenvalue weighted by Gasteiger charge is -2.24. The maximum atomic E-state index is 10.9. The van der Waals surface area contributed by atoms with Crippen LogP contribution in [0.3, 0.4) is 0 Å². The molecule has 0 saturated heterocycles. The summed E-state index contributed by atoms with van der Waals surface area (Å²) in [5, 5.41) is 8.92. The van der Waals surface area contributed by atoms with Gasteiger partial charge in [-0.3, -0.25) is 4.79 Å². The van der Waals surface area contributed by atoms with E-state index in [-0.39, 0.29) is 11.8 Å². The SMILES string of the molecule is CCc1ccc(OC)c(CC(C)(C)CC(=O)O)c1. The van der Waals surface area contributed by atoms with Crippen LogP contribution in [0.15, 0.2) is 18.2 Å². The molecule has 0 aliphatic heterocycles. The van der Waals surface area contributed by atoms with Crippen molar-refractivity contribution in [1.29, 1.82) is 0 Å². The van der Waals surface area contributed by atoms with E-state index in [1.807, 2.05) is 26.0 Å². The van der Waals surface area contributed by atoms with Crippen LogP contribution in [0.2, 0.25) is 0 Å². The molecule has 0 atom stereocenters. The predicted molar refractivity (Wildman–Crippen MR) is 72.1 cm³/mol. The van der Waals surface area contributed by atoms with Crippen molar-refractivity contribution in [2.24, 2.45) is 5.41 Å². The number of rotatable bonds is 6. The van der Waals surface area contributed by atoms with Gasteiger partial charge in [-0.25, -0.2) is 0 Å². The first-order valence-corrected chi connectivity index (χ1v) is 6.25. The Balaban J connectivity index is 2.97. The van der Waals surface area contributed by atoms with E-state index < -0.39 is 5.97 Å². The van der Waals surface area contributed by atoms with Crippen LogP contribution in [0.25, 0.3) is 0 Å². The first kappa shape index (κ1) is 14.6. The maximum Gasteiger partial charge on any atom is 0.303 e. The minimum absolute atomic E-state index is 0.159. The Morgan fingerprint density at radius 3 is 2.56 bits per heavy atom. The van der Waals surface area contributed by atoms with Gasteiger partial charge in [0.2, 0.25) is 0 Å². The fraction of sp³-hybridized carbons (Fsp3) is 0.533. The quantitative estimate of drug-likeness (QED) is 0.842. The highest BCUT2D eigenvalue weighted by Gasteiger charge is 2.23. The van der Waals surface area contributed by atoms with E-state index in [2.05, 4.69) is 13.0 Å². The molecule has 0 heterocycles. The van der Waals surface area contributed by atoms with Gasteiger partial charge in [0.1, 0.15) is 5.75 Å². The van der Waals surface area contributed by atoms with Crippen LogP contribution in [-0.4, -0.2) is 18.2 Å². The van der Waals surface area contributed by atoms with E-state index in [9.17, 15) is 4.79 Å². The molecule has 1 N–H and O–H groups in total. The van der Waals surface area contributed by atoms with Gasteiger partial charge in [0, 0.05) is 0 Å². The molecule has 0 amide bonds. The average molecular weight is 250 g/mol. The van der Waals surface area contributed by atoms with Gasteiger partial charge >= 0.3 is 5.97 Å². The topological polar surface area (TPSA) is 46.5 Å². The van der Waals surface area contributed by atoms with Gasteiger partial charge in [0.05, 0.1) is 13.5 Å². The number of hydrogen-bond acceptors (Lipinski definition) is 2. The van der Waals surface area contributed by atoms with E-state index in [4.69, 9.17) is 9.84 Å². The summed E-state index contributed by atoms with van der Waals surface area (Å²) in [4.78, 5) is 10.9. The van der Waals surface area contributed by atoms with Crippen LogP contribution in [0.1, 0.15) is 38.3 Å². The van der Waals surface area contributed by atoms with E-state index in [0.717, 1.165) is 17.7 Å². The zero-order chi connectivity index (χ0) is 13.8. The molecule has 0 fully saturated rings. The molecule has 0 aliphatic rings. The smallest absolute Gasteiger partial charge is 0.303 e. The lowest BCUT2D eigenvalue weighted by atomic mass is 9.82. The van der Waals surface area contributed by atoms with Crippen LogP contribution >= 0.6 is 0 Å². The summed E-state index contributed by atoms with van der Waals surface area (Å²) in [6.45, 7) is 6.05. The predicted octanol–water partition coefficient (Wildman–Crippen LogP) is 3.30. The molecule has 18 heavy (non-hydrogen) atoms. The summed E-state index contributed by atoms with van der Waals surface area (Å²) < 4.78 is 5.35. The Kier molecular flexibility index (Phi) is 4.76. The molecule has 1 aromatic carbocycles. The second-order valence-electron chi connectivity index (χ2n) is 5.41. The molecule has 0 spiro atoms. The lowest BCUT2D eigenvalue weighted by molar-refractivity contribution is -0.139. The number of hydrogen-bond donors (Lipinski definition) is 1. The summed E-state index contributed by atoms with van der Waals surface area (Å²) in [6.07, 6.45) is 1.83. The molecule has 3 heteroatoms. The fourth-order valence-electron chi connectivity index (χ4n) is 2.18. The van der Waals surface area contributed by atoms with Gasteiger partial charge in [-0.05, 0) is 35.4 Å². The molecule has 0 unspecified atom stereocenters. The average Bonchev–Trinajstić information content (AvgIpc) is 2.26. The van der Waals surface area contributed by atoms with Crippen molar-refractivity contribution in [2.75, 3.05) is 7.11 Å². The van der Waals surface area contributed by atoms with Crippen molar-refractivity contribution in [1.82, 2.24) is 0 Å². The third-order valence-corrected chi connectivity index (χ3v) is 3.05. The number of aryl methyl sites for hydroxylation is 1. The largest absolute Gasteiger partial charge is 0.496 e. The van der Waals surface area contributed by atoms with E-state index in [1.54, 1.807) is 7.11 Å². The number of carboxylic acid groups (broad SMARTS) is 1. The number of ether oxygens (including phenoxy) is 1. The molecule has 3 nitrogen and oxygen atoms in total. The lowest BCUT2D eigenvalue weighted by Crippen LogP contribution is -2.20. The first-order chi connectivity index (χ1) is 8.38. The van der Waals surface area contributed by atoms with Crippen molar-refractivity contribution in [3.8, 4) is 5.75 Å². The molecular weight excluding hydrogens is 228 g/mol. The Labute approximate surface area is 109 Å². The van der Waals surface area contributed by atoms with E-state index in [0.29, 0.717) is 6.42 Å². The molecule has 0 bridgehead atoms. The van der Waals surface area contributed by atoms with Crippen molar-refractivity contribution in [3.63, 3.8) is 0 Å².